The largest absolute Gasteiger partial charge is 0.482 e. The van der Waals surface area contributed by atoms with Gasteiger partial charge in [-0.15, -0.1) is 0 Å². The molecule has 8 heteroatoms. The molecule has 2 rings (SSSR count). The van der Waals surface area contributed by atoms with Crippen molar-refractivity contribution in [3.8, 4) is 5.75 Å². The van der Waals surface area contributed by atoms with E-state index in [-0.39, 0.29) is 12.3 Å². The second-order valence-corrected chi connectivity index (χ2v) is 4.08. The lowest BCUT2D eigenvalue weighted by Crippen LogP contribution is -2.24. The second-order valence-electron chi connectivity index (χ2n) is 4.08. The minimum atomic E-state index is -4.44. The van der Waals surface area contributed by atoms with Crippen molar-refractivity contribution < 1.29 is 27.1 Å². The van der Waals surface area contributed by atoms with Gasteiger partial charge in [0.2, 0.25) is 0 Å². The molecule has 5 nitrogen and oxygen atoms in total. The quantitative estimate of drug-likeness (QED) is 0.921. The molecular formula is C13H11F3N2O3. The number of ether oxygens (including phenoxy) is 1. The number of hydrogen-bond acceptors (Lipinski definition) is 4. The Bertz CT molecular complexity index is 597. The second kappa shape index (κ2) is 6.29. The first-order valence-corrected chi connectivity index (χ1v) is 5.88. The first kappa shape index (κ1) is 14.9. The zero-order chi connectivity index (χ0) is 15.3. The molecule has 2 aromatic rings. The molecule has 0 saturated carbocycles. The van der Waals surface area contributed by atoms with Gasteiger partial charge >= 0.3 is 6.18 Å². The van der Waals surface area contributed by atoms with Crippen molar-refractivity contribution in [2.75, 3.05) is 6.61 Å². The number of halogens is 3. The summed E-state index contributed by atoms with van der Waals surface area (Å²) >= 11 is 0. The van der Waals surface area contributed by atoms with E-state index in [0.29, 0.717) is 11.1 Å². The Hall–Kier alpha value is -2.51. The number of nitrogens with zero attached hydrogens (tertiary/aromatic N) is 1. The van der Waals surface area contributed by atoms with E-state index in [1.54, 1.807) is 0 Å². The van der Waals surface area contributed by atoms with Crippen molar-refractivity contribution in [3.63, 3.8) is 0 Å². The molecule has 0 spiro atoms. The number of carbonyl (C=O) groups excluding carboxylic acids is 1. The zero-order valence-corrected chi connectivity index (χ0v) is 10.7. The van der Waals surface area contributed by atoms with E-state index in [2.05, 4.69) is 15.0 Å². The number of amides is 1. The Morgan fingerprint density at radius 3 is 2.86 bits per heavy atom. The Kier molecular flexibility index (Phi) is 4.46. The summed E-state index contributed by atoms with van der Waals surface area (Å²) in [5.41, 5.74) is 0.716. The van der Waals surface area contributed by atoms with E-state index in [1.807, 2.05) is 0 Å². The van der Waals surface area contributed by atoms with E-state index in [9.17, 15) is 18.0 Å². The van der Waals surface area contributed by atoms with E-state index in [1.165, 1.54) is 37.1 Å². The van der Waals surface area contributed by atoms with Crippen LogP contribution in [0, 0.1) is 0 Å². The summed E-state index contributed by atoms with van der Waals surface area (Å²) in [6.07, 6.45) is 0.750. The molecule has 0 aliphatic heterocycles. The van der Waals surface area contributed by atoms with Gasteiger partial charge in [0, 0.05) is 18.3 Å². The van der Waals surface area contributed by atoms with Gasteiger partial charge in [0.25, 0.3) is 5.91 Å². The highest BCUT2D eigenvalue weighted by Crippen LogP contribution is 2.21. The highest BCUT2D eigenvalue weighted by molar-refractivity contribution is 5.93. The van der Waals surface area contributed by atoms with Crippen LogP contribution in [-0.2, 0) is 6.54 Å². The third-order valence-corrected chi connectivity index (χ3v) is 2.48. The molecule has 2 heterocycles. The lowest BCUT2D eigenvalue weighted by Gasteiger charge is -2.12. The van der Waals surface area contributed by atoms with Gasteiger partial charge in [-0.1, -0.05) is 0 Å². The van der Waals surface area contributed by atoms with Crippen LogP contribution >= 0.6 is 0 Å². The van der Waals surface area contributed by atoms with Crippen LogP contribution in [0.25, 0.3) is 0 Å². The SMILES string of the molecule is O=C(NCc1ccncc1OCC(F)(F)F)c1ccoc1. The third-order valence-electron chi connectivity index (χ3n) is 2.48. The maximum atomic E-state index is 12.1. The Morgan fingerprint density at radius 1 is 1.38 bits per heavy atom. The summed E-state index contributed by atoms with van der Waals surface area (Å²) in [6.45, 7) is -1.40. The maximum Gasteiger partial charge on any atom is 0.422 e. The molecule has 112 valence electrons. The smallest absolute Gasteiger partial charge is 0.422 e. The maximum absolute atomic E-state index is 12.1. The summed E-state index contributed by atoms with van der Waals surface area (Å²) in [6, 6.07) is 2.95. The lowest BCUT2D eigenvalue weighted by atomic mass is 10.2. The molecular weight excluding hydrogens is 289 g/mol. The molecule has 0 saturated heterocycles. The molecule has 0 atom stereocenters. The van der Waals surface area contributed by atoms with Crippen molar-refractivity contribution in [1.29, 1.82) is 0 Å². The minimum absolute atomic E-state index is 0.0136. The van der Waals surface area contributed by atoms with Crippen molar-refractivity contribution in [1.82, 2.24) is 10.3 Å². The number of carbonyl (C=O) groups is 1. The topological polar surface area (TPSA) is 64.4 Å². The molecule has 0 aliphatic rings. The number of rotatable bonds is 5. The van der Waals surface area contributed by atoms with Crippen molar-refractivity contribution in [3.05, 3.63) is 48.2 Å². The van der Waals surface area contributed by atoms with E-state index in [4.69, 9.17) is 4.42 Å². The normalized spacial score (nSPS) is 11.2. The zero-order valence-electron chi connectivity index (χ0n) is 10.7. The van der Waals surface area contributed by atoms with Gasteiger partial charge in [0.1, 0.15) is 12.0 Å². The highest BCUT2D eigenvalue weighted by Gasteiger charge is 2.28. The first-order chi connectivity index (χ1) is 9.96. The molecule has 2 aromatic heterocycles. The van der Waals surface area contributed by atoms with E-state index < -0.39 is 18.7 Å². The number of aromatic nitrogens is 1. The van der Waals surface area contributed by atoms with Crippen LogP contribution in [0.15, 0.2) is 41.5 Å². The average molecular weight is 300 g/mol. The van der Waals surface area contributed by atoms with E-state index in [0.717, 1.165) is 0 Å². The highest BCUT2D eigenvalue weighted by atomic mass is 19.4. The number of nitrogens with one attached hydrogen (secondary N) is 1. The van der Waals surface area contributed by atoms with Crippen LogP contribution in [-0.4, -0.2) is 23.7 Å². The molecule has 0 radical (unpaired) electrons. The van der Waals surface area contributed by atoms with Crippen LogP contribution in [0.4, 0.5) is 13.2 Å². The van der Waals surface area contributed by atoms with Gasteiger partial charge < -0.3 is 14.5 Å². The molecule has 21 heavy (non-hydrogen) atoms. The standard InChI is InChI=1S/C13H11F3N2O3/c14-13(15,16)8-21-11-6-17-3-1-9(11)5-18-12(19)10-2-4-20-7-10/h1-4,6-7H,5,8H2,(H,18,19). The van der Waals surface area contributed by atoms with E-state index >= 15 is 0 Å². The van der Waals surface area contributed by atoms with Crippen LogP contribution in [0.1, 0.15) is 15.9 Å². The molecule has 0 aromatic carbocycles. The molecule has 1 amide bonds. The number of pyridine rings is 1. The minimum Gasteiger partial charge on any atom is -0.482 e. The molecule has 0 aliphatic carbocycles. The first-order valence-electron chi connectivity index (χ1n) is 5.88. The fourth-order valence-electron chi connectivity index (χ4n) is 1.52. The van der Waals surface area contributed by atoms with Gasteiger partial charge in [0.05, 0.1) is 18.0 Å². The molecule has 0 fully saturated rings. The van der Waals surface area contributed by atoms with Gasteiger partial charge in [-0.05, 0) is 12.1 Å². The van der Waals surface area contributed by atoms with Gasteiger partial charge in [-0.25, -0.2) is 0 Å². The molecule has 0 unspecified atom stereocenters. The van der Waals surface area contributed by atoms with Crippen LogP contribution in [0.3, 0.4) is 0 Å². The number of alkyl halides is 3. The summed E-state index contributed by atoms with van der Waals surface area (Å²) in [5, 5.41) is 2.55. The average Bonchev–Trinajstić information content (AvgIpc) is 2.96. The lowest BCUT2D eigenvalue weighted by molar-refractivity contribution is -0.153. The van der Waals surface area contributed by atoms with Crippen molar-refractivity contribution in [2.24, 2.45) is 0 Å². The van der Waals surface area contributed by atoms with Gasteiger partial charge in [-0.3, -0.25) is 9.78 Å². The van der Waals surface area contributed by atoms with Crippen LogP contribution in [0.5, 0.6) is 5.75 Å². The van der Waals surface area contributed by atoms with Crippen LogP contribution < -0.4 is 10.1 Å². The summed E-state index contributed by atoms with van der Waals surface area (Å²) in [5.74, 6) is -0.426. The third kappa shape index (κ3) is 4.51. The summed E-state index contributed by atoms with van der Waals surface area (Å²) < 4.78 is 45.9. The predicted octanol–water partition coefficient (Wildman–Crippen LogP) is 2.55. The monoisotopic (exact) mass is 300 g/mol. The van der Waals surface area contributed by atoms with Crippen molar-refractivity contribution >= 4 is 5.91 Å². The summed E-state index contributed by atoms with van der Waals surface area (Å²) in [4.78, 5) is 15.4. The fourth-order valence-corrected chi connectivity index (χ4v) is 1.52. The van der Waals surface area contributed by atoms with Crippen LogP contribution in [0.2, 0.25) is 0 Å². The number of hydrogen-bond donors (Lipinski definition) is 1. The molecule has 1 N–H and O–H groups in total. The Balaban J connectivity index is 1.98. The Labute approximate surface area is 117 Å². The predicted molar refractivity (Wildman–Crippen MR) is 65.7 cm³/mol. The summed E-state index contributed by atoms with van der Waals surface area (Å²) in [7, 11) is 0. The Morgan fingerprint density at radius 2 is 2.19 bits per heavy atom. The van der Waals surface area contributed by atoms with Gasteiger partial charge in [0.15, 0.2) is 6.61 Å². The van der Waals surface area contributed by atoms with Crippen molar-refractivity contribution in [2.45, 2.75) is 12.7 Å². The molecule has 0 bridgehead atoms. The fraction of sp³-hybridized carbons (Fsp3) is 0.231. The van der Waals surface area contributed by atoms with Gasteiger partial charge in [-0.2, -0.15) is 13.2 Å². The number of furan rings is 1.